The van der Waals surface area contributed by atoms with Crippen LogP contribution in [0.15, 0.2) is 30.3 Å². The Hall–Kier alpha value is -2.49. The molecule has 3 atom stereocenters. The van der Waals surface area contributed by atoms with Crippen molar-refractivity contribution in [1.29, 1.82) is 0 Å². The van der Waals surface area contributed by atoms with Gasteiger partial charge in [0.05, 0.1) is 25.9 Å². The second-order valence-electron chi connectivity index (χ2n) is 7.44. The molecular formula is C20H28N2O7. The molecule has 1 aliphatic rings. The lowest BCUT2D eigenvalue weighted by Gasteiger charge is -2.24. The van der Waals surface area contributed by atoms with E-state index in [0.29, 0.717) is 6.42 Å². The lowest BCUT2D eigenvalue weighted by atomic mass is 9.92. The van der Waals surface area contributed by atoms with Crippen molar-refractivity contribution in [2.75, 3.05) is 19.8 Å². The molecule has 1 aromatic rings. The number of carbonyl (C=O) groups is 3. The first kappa shape index (κ1) is 22.8. The fraction of sp³-hybridized carbons (Fsp3) is 0.550. The second kappa shape index (κ2) is 10.3. The number of benzene rings is 1. The maximum atomic E-state index is 12.6. The minimum absolute atomic E-state index is 0.0112. The van der Waals surface area contributed by atoms with Crippen LogP contribution in [0.25, 0.3) is 0 Å². The summed E-state index contributed by atoms with van der Waals surface area (Å²) < 4.78 is 10.1. The fourth-order valence-corrected chi connectivity index (χ4v) is 2.79. The van der Waals surface area contributed by atoms with Crippen LogP contribution in [0.5, 0.6) is 0 Å². The van der Waals surface area contributed by atoms with E-state index in [4.69, 9.17) is 9.47 Å². The Bertz CT molecular complexity index is 704. The molecule has 4 N–H and O–H groups in total. The molecule has 9 nitrogen and oxygen atoms in total. The van der Waals surface area contributed by atoms with Gasteiger partial charge in [-0.25, -0.2) is 4.79 Å². The molecule has 2 rings (SSSR count). The highest BCUT2D eigenvalue weighted by molar-refractivity contribution is 5.98. The van der Waals surface area contributed by atoms with Crippen LogP contribution < -0.4 is 10.6 Å². The number of alkyl carbamates (subject to hydrolysis) is 1. The van der Waals surface area contributed by atoms with Crippen molar-refractivity contribution in [3.63, 3.8) is 0 Å². The Morgan fingerprint density at radius 1 is 1.14 bits per heavy atom. The van der Waals surface area contributed by atoms with E-state index in [1.54, 1.807) is 24.3 Å². The third kappa shape index (κ3) is 6.52. The second-order valence-corrected chi connectivity index (χ2v) is 7.44. The van der Waals surface area contributed by atoms with Crippen molar-refractivity contribution in [3.05, 3.63) is 35.9 Å². The fourth-order valence-electron chi connectivity index (χ4n) is 2.79. The van der Waals surface area contributed by atoms with Gasteiger partial charge in [0.2, 0.25) is 5.91 Å². The van der Waals surface area contributed by atoms with Crippen LogP contribution in [-0.2, 0) is 25.7 Å². The zero-order valence-electron chi connectivity index (χ0n) is 16.6. The first-order chi connectivity index (χ1) is 13.8. The average Bonchev–Trinajstić information content (AvgIpc) is 3.51. The third-order valence-electron chi connectivity index (χ3n) is 4.54. The minimum atomic E-state index is -1.29. The van der Waals surface area contributed by atoms with Crippen molar-refractivity contribution in [1.82, 2.24) is 10.6 Å². The summed E-state index contributed by atoms with van der Waals surface area (Å²) in [5, 5.41) is 23.7. The number of hydrogen-bond donors (Lipinski definition) is 4. The van der Waals surface area contributed by atoms with Gasteiger partial charge in [0.25, 0.3) is 0 Å². The Kier molecular flexibility index (Phi) is 8.12. The van der Waals surface area contributed by atoms with Crippen molar-refractivity contribution >= 4 is 17.8 Å². The molecule has 0 aliphatic carbocycles. The van der Waals surface area contributed by atoms with Crippen LogP contribution in [0.3, 0.4) is 0 Å². The maximum absolute atomic E-state index is 12.6. The molecule has 0 aromatic heterocycles. The Balaban J connectivity index is 1.93. The molecule has 2 unspecified atom stereocenters. The smallest absolute Gasteiger partial charge is 0.408 e. The van der Waals surface area contributed by atoms with Crippen LogP contribution in [0.4, 0.5) is 4.79 Å². The van der Waals surface area contributed by atoms with Crippen LogP contribution in [0.1, 0.15) is 25.8 Å². The van der Waals surface area contributed by atoms with Crippen molar-refractivity contribution in [2.24, 2.45) is 5.92 Å². The number of aliphatic hydroxyl groups is 2. The molecule has 1 aromatic carbocycles. The summed E-state index contributed by atoms with van der Waals surface area (Å²) in [5.74, 6) is -1.07. The van der Waals surface area contributed by atoms with E-state index in [1.807, 2.05) is 19.9 Å². The highest BCUT2D eigenvalue weighted by atomic mass is 16.6. The first-order valence-corrected chi connectivity index (χ1v) is 9.49. The van der Waals surface area contributed by atoms with Gasteiger partial charge in [-0.2, -0.15) is 0 Å². The number of amides is 2. The molecule has 0 spiro atoms. The summed E-state index contributed by atoms with van der Waals surface area (Å²) >= 11 is 0. The molecule has 0 radical (unpaired) electrons. The third-order valence-corrected chi connectivity index (χ3v) is 4.54. The van der Waals surface area contributed by atoms with E-state index in [-0.39, 0.29) is 19.1 Å². The number of rotatable bonds is 11. The van der Waals surface area contributed by atoms with Crippen molar-refractivity contribution in [2.45, 2.75) is 44.6 Å². The molecule has 1 aliphatic heterocycles. The molecule has 1 fully saturated rings. The van der Waals surface area contributed by atoms with E-state index in [1.165, 1.54) is 0 Å². The van der Waals surface area contributed by atoms with Gasteiger partial charge in [0.15, 0.2) is 11.4 Å². The standard InChI is InChI=1S/C20H28N2O7/c1-13(2)8-15(17(25)20(11-24)12-29-20)21-18(26)16(9-23)22-19(27)28-10-14-6-4-3-5-7-14/h3-7,13,15-16,23-24H,8-12H2,1-2H3,(H,21,26)(H,22,27)/t15?,16-,20?/m0/s1. The summed E-state index contributed by atoms with van der Waals surface area (Å²) in [5.41, 5.74) is -0.502. The maximum Gasteiger partial charge on any atom is 0.408 e. The van der Waals surface area contributed by atoms with Crippen LogP contribution in [0.2, 0.25) is 0 Å². The molecule has 0 saturated carbocycles. The van der Waals surface area contributed by atoms with E-state index < -0.39 is 48.7 Å². The van der Waals surface area contributed by atoms with E-state index in [2.05, 4.69) is 10.6 Å². The molecular weight excluding hydrogens is 380 g/mol. The molecule has 0 bridgehead atoms. The first-order valence-electron chi connectivity index (χ1n) is 9.49. The molecule has 2 amide bonds. The van der Waals surface area contributed by atoms with Gasteiger partial charge in [-0.05, 0) is 17.9 Å². The largest absolute Gasteiger partial charge is 0.445 e. The molecule has 29 heavy (non-hydrogen) atoms. The zero-order chi connectivity index (χ0) is 21.4. The number of Topliss-reactive ketones (excluding diaryl/α,β-unsaturated/α-hetero) is 1. The Morgan fingerprint density at radius 2 is 1.79 bits per heavy atom. The lowest BCUT2D eigenvalue weighted by molar-refractivity contribution is -0.133. The molecule has 1 heterocycles. The van der Waals surface area contributed by atoms with Crippen molar-refractivity contribution < 1.29 is 34.1 Å². The van der Waals surface area contributed by atoms with Crippen LogP contribution in [-0.4, -0.2) is 65.5 Å². The number of carbonyl (C=O) groups excluding carboxylic acids is 3. The van der Waals surface area contributed by atoms with Crippen LogP contribution in [0, 0.1) is 5.92 Å². The van der Waals surface area contributed by atoms with Gasteiger partial charge < -0.3 is 30.3 Å². The number of hydrogen-bond acceptors (Lipinski definition) is 7. The predicted octanol–water partition coefficient (Wildman–Crippen LogP) is 0.135. The number of ether oxygens (including phenoxy) is 2. The number of epoxide rings is 1. The Labute approximate surface area is 169 Å². The SMILES string of the molecule is CC(C)CC(NC(=O)[C@H](CO)NC(=O)OCc1ccccc1)C(=O)C1(CO)CO1. The number of ketones is 1. The minimum Gasteiger partial charge on any atom is -0.445 e. The normalized spacial score (nSPS) is 19.9. The highest BCUT2D eigenvalue weighted by Crippen LogP contribution is 2.30. The summed E-state index contributed by atoms with van der Waals surface area (Å²) in [6.07, 6.45) is -0.543. The summed E-state index contributed by atoms with van der Waals surface area (Å²) in [7, 11) is 0. The van der Waals surface area contributed by atoms with Gasteiger partial charge in [-0.1, -0.05) is 44.2 Å². The number of aliphatic hydroxyl groups excluding tert-OH is 2. The van der Waals surface area contributed by atoms with E-state index in [0.717, 1.165) is 5.56 Å². The zero-order valence-corrected chi connectivity index (χ0v) is 16.6. The summed E-state index contributed by atoms with van der Waals surface area (Å²) in [4.78, 5) is 37.1. The van der Waals surface area contributed by atoms with Crippen LogP contribution >= 0.6 is 0 Å². The summed E-state index contributed by atoms with van der Waals surface area (Å²) in [6.45, 7) is 2.74. The number of nitrogens with one attached hydrogen (secondary N) is 2. The molecule has 160 valence electrons. The van der Waals surface area contributed by atoms with Gasteiger partial charge in [0, 0.05) is 0 Å². The highest BCUT2D eigenvalue weighted by Gasteiger charge is 2.54. The van der Waals surface area contributed by atoms with Crippen molar-refractivity contribution in [3.8, 4) is 0 Å². The van der Waals surface area contributed by atoms with E-state index in [9.17, 15) is 24.6 Å². The van der Waals surface area contributed by atoms with Gasteiger partial charge in [-0.3, -0.25) is 9.59 Å². The van der Waals surface area contributed by atoms with Gasteiger partial charge in [-0.15, -0.1) is 0 Å². The van der Waals surface area contributed by atoms with Gasteiger partial charge >= 0.3 is 6.09 Å². The monoisotopic (exact) mass is 408 g/mol. The quantitative estimate of drug-likeness (QED) is 0.382. The average molecular weight is 408 g/mol. The molecule has 1 saturated heterocycles. The predicted molar refractivity (Wildman–Crippen MR) is 103 cm³/mol. The Morgan fingerprint density at radius 3 is 2.31 bits per heavy atom. The van der Waals surface area contributed by atoms with E-state index >= 15 is 0 Å². The topological polar surface area (TPSA) is 137 Å². The summed E-state index contributed by atoms with van der Waals surface area (Å²) in [6, 6.07) is 6.80. The molecule has 9 heteroatoms. The lowest BCUT2D eigenvalue weighted by Crippen LogP contribution is -2.55. The van der Waals surface area contributed by atoms with Gasteiger partial charge in [0.1, 0.15) is 12.6 Å².